The third-order valence-electron chi connectivity index (χ3n) is 5.77. The Morgan fingerprint density at radius 1 is 1.22 bits per heavy atom. The average Bonchev–Trinajstić information content (AvgIpc) is 3.07. The van der Waals surface area contributed by atoms with Gasteiger partial charge in [-0.05, 0) is 54.9 Å². The van der Waals surface area contributed by atoms with E-state index in [1.165, 1.54) is 7.11 Å². The molecule has 0 radical (unpaired) electrons. The number of benzene rings is 1. The van der Waals surface area contributed by atoms with Crippen molar-refractivity contribution in [2.24, 2.45) is 16.7 Å². The predicted octanol–water partition coefficient (Wildman–Crippen LogP) is 3.76. The zero-order valence-electron chi connectivity index (χ0n) is 13.8. The van der Waals surface area contributed by atoms with Crippen LogP contribution in [-0.4, -0.2) is 19.0 Å². The van der Waals surface area contributed by atoms with Crippen molar-refractivity contribution in [1.29, 1.82) is 0 Å². The Bertz CT molecular complexity index is 671. The quantitative estimate of drug-likeness (QED) is 0.484. The fraction of sp³-hybridized carbons (Fsp3) is 0.474. The largest absolute Gasteiger partial charge is 0.465 e. The minimum atomic E-state index is -0.546. The molecule has 2 saturated carbocycles. The minimum Gasteiger partial charge on any atom is -0.465 e. The third kappa shape index (κ3) is 2.28. The van der Waals surface area contributed by atoms with Crippen molar-refractivity contribution in [3.05, 3.63) is 42.0 Å². The third-order valence-corrected chi connectivity index (χ3v) is 5.77. The van der Waals surface area contributed by atoms with Crippen molar-refractivity contribution in [3.63, 3.8) is 0 Å². The van der Waals surface area contributed by atoms with Gasteiger partial charge in [-0.15, -0.1) is 0 Å². The lowest BCUT2D eigenvalue weighted by atomic mass is 9.68. The molecule has 0 aromatic heterocycles. The van der Waals surface area contributed by atoms with Gasteiger partial charge in [-0.2, -0.15) is 0 Å². The van der Waals surface area contributed by atoms with Crippen molar-refractivity contribution >= 4 is 11.9 Å². The van der Waals surface area contributed by atoms with Gasteiger partial charge in [0.2, 0.25) is 0 Å². The molecule has 0 N–H and O–H groups in total. The summed E-state index contributed by atoms with van der Waals surface area (Å²) in [5.74, 6) is 0.314. The Balaban J connectivity index is 1.78. The molecule has 1 aromatic carbocycles. The van der Waals surface area contributed by atoms with Crippen LogP contribution in [0.25, 0.3) is 0 Å². The van der Waals surface area contributed by atoms with E-state index in [4.69, 9.17) is 4.74 Å². The molecule has 122 valence electrons. The molecule has 0 spiro atoms. The number of carbonyl (C=O) groups is 2. The Morgan fingerprint density at radius 2 is 1.87 bits per heavy atom. The maximum Gasteiger partial charge on any atom is 0.337 e. The maximum absolute atomic E-state index is 12.8. The van der Waals surface area contributed by atoms with Gasteiger partial charge in [0.1, 0.15) is 5.75 Å². The van der Waals surface area contributed by atoms with E-state index in [1.807, 2.05) is 0 Å². The van der Waals surface area contributed by atoms with E-state index in [2.05, 4.69) is 25.2 Å². The lowest BCUT2D eigenvalue weighted by Gasteiger charge is -2.36. The summed E-state index contributed by atoms with van der Waals surface area (Å²) in [6, 6.07) is 6.43. The summed E-state index contributed by atoms with van der Waals surface area (Å²) >= 11 is 0. The highest BCUT2D eigenvalue weighted by molar-refractivity contribution is 5.89. The number of fused-ring (bicyclic) bond motifs is 2. The molecule has 0 heterocycles. The molecule has 0 unspecified atom stereocenters. The van der Waals surface area contributed by atoms with Crippen LogP contribution in [0, 0.1) is 16.7 Å². The molecular formula is C19H22O4. The van der Waals surface area contributed by atoms with E-state index in [0.717, 1.165) is 24.8 Å². The Morgan fingerprint density at radius 3 is 2.39 bits per heavy atom. The highest BCUT2D eigenvalue weighted by atomic mass is 16.5. The average molecular weight is 314 g/mol. The molecule has 4 nitrogen and oxygen atoms in total. The molecule has 0 aliphatic heterocycles. The van der Waals surface area contributed by atoms with Crippen LogP contribution in [0.15, 0.2) is 36.4 Å². The van der Waals surface area contributed by atoms with E-state index >= 15 is 0 Å². The summed E-state index contributed by atoms with van der Waals surface area (Å²) < 4.78 is 10.3. The first kappa shape index (κ1) is 15.8. The van der Waals surface area contributed by atoms with Gasteiger partial charge in [-0.3, -0.25) is 4.79 Å². The highest BCUT2D eigenvalue weighted by Crippen LogP contribution is 2.65. The molecule has 2 aliphatic rings. The first-order valence-electron chi connectivity index (χ1n) is 7.92. The zero-order valence-corrected chi connectivity index (χ0v) is 13.8. The number of carbonyl (C=O) groups excluding carboxylic acids is 2. The second-order valence-electron chi connectivity index (χ2n) is 7.13. The van der Waals surface area contributed by atoms with Gasteiger partial charge in [0, 0.05) is 0 Å². The van der Waals surface area contributed by atoms with E-state index in [9.17, 15) is 9.59 Å². The van der Waals surface area contributed by atoms with Gasteiger partial charge in [0.15, 0.2) is 0 Å². The fourth-order valence-corrected chi connectivity index (χ4v) is 4.09. The molecule has 2 fully saturated rings. The zero-order chi connectivity index (χ0) is 16.8. The minimum absolute atomic E-state index is 0.00793. The second-order valence-corrected chi connectivity index (χ2v) is 7.13. The van der Waals surface area contributed by atoms with E-state index < -0.39 is 11.4 Å². The van der Waals surface area contributed by atoms with Crippen LogP contribution >= 0.6 is 0 Å². The lowest BCUT2D eigenvalue weighted by molar-refractivity contribution is -0.143. The Kier molecular flexibility index (Phi) is 3.58. The highest BCUT2D eigenvalue weighted by Gasteiger charge is 2.61. The van der Waals surface area contributed by atoms with Gasteiger partial charge in [0.25, 0.3) is 0 Å². The summed E-state index contributed by atoms with van der Waals surface area (Å²) in [7, 11) is 1.33. The maximum atomic E-state index is 12.8. The Hall–Kier alpha value is -2.10. The molecule has 0 saturated heterocycles. The molecule has 3 rings (SSSR count). The van der Waals surface area contributed by atoms with Crippen LogP contribution in [0.3, 0.4) is 0 Å². The molecule has 2 aliphatic carbocycles. The summed E-state index contributed by atoms with van der Waals surface area (Å²) in [6.07, 6.45) is 2.69. The molecule has 1 aromatic rings. The van der Waals surface area contributed by atoms with Crippen molar-refractivity contribution in [2.75, 3.05) is 7.11 Å². The van der Waals surface area contributed by atoms with Crippen molar-refractivity contribution < 1.29 is 19.1 Å². The van der Waals surface area contributed by atoms with Gasteiger partial charge in [-0.25, -0.2) is 4.79 Å². The van der Waals surface area contributed by atoms with Crippen LogP contribution in [0.2, 0.25) is 0 Å². The fourth-order valence-electron chi connectivity index (χ4n) is 4.09. The van der Waals surface area contributed by atoms with Crippen LogP contribution in [0.5, 0.6) is 5.75 Å². The molecule has 23 heavy (non-hydrogen) atoms. The SMILES string of the molecule is C=C1C(C)(C)[C@@H]2CC[C@]1(C(=O)Oc1ccc(C(=O)OC)cc1)C2. The molecule has 2 atom stereocenters. The molecular weight excluding hydrogens is 292 g/mol. The number of esters is 2. The standard InChI is InChI=1S/C19H22O4/c1-12-18(2,3)14-9-10-19(12,11-14)17(21)23-15-7-5-13(6-8-15)16(20)22-4/h5-8,14H,1,9-11H2,2-4H3/t14-,19+/m1/s1. The van der Waals surface area contributed by atoms with E-state index in [-0.39, 0.29) is 11.4 Å². The Labute approximate surface area is 136 Å². The predicted molar refractivity (Wildman–Crippen MR) is 86.1 cm³/mol. The summed E-state index contributed by atoms with van der Waals surface area (Å²) in [4.78, 5) is 24.2. The van der Waals surface area contributed by atoms with Gasteiger partial charge in [0.05, 0.1) is 18.1 Å². The van der Waals surface area contributed by atoms with Crippen molar-refractivity contribution in [1.82, 2.24) is 0 Å². The van der Waals surface area contributed by atoms with Crippen LogP contribution < -0.4 is 4.74 Å². The van der Waals surface area contributed by atoms with E-state index in [0.29, 0.717) is 17.2 Å². The lowest BCUT2D eigenvalue weighted by Crippen LogP contribution is -2.36. The number of methoxy groups -OCH3 is 1. The van der Waals surface area contributed by atoms with Crippen molar-refractivity contribution in [2.45, 2.75) is 33.1 Å². The number of hydrogen-bond donors (Lipinski definition) is 0. The number of ether oxygens (including phenoxy) is 2. The van der Waals surface area contributed by atoms with E-state index in [1.54, 1.807) is 24.3 Å². The van der Waals surface area contributed by atoms with Crippen LogP contribution in [0.4, 0.5) is 0 Å². The number of hydrogen-bond acceptors (Lipinski definition) is 4. The van der Waals surface area contributed by atoms with Gasteiger partial charge < -0.3 is 9.47 Å². The first-order chi connectivity index (χ1) is 10.8. The normalized spacial score (nSPS) is 27.8. The monoisotopic (exact) mass is 314 g/mol. The number of rotatable bonds is 3. The molecule has 2 bridgehead atoms. The smallest absolute Gasteiger partial charge is 0.337 e. The summed E-state index contributed by atoms with van der Waals surface area (Å²) in [5, 5.41) is 0. The molecule has 4 heteroatoms. The topological polar surface area (TPSA) is 52.6 Å². The summed E-state index contributed by atoms with van der Waals surface area (Å²) in [6.45, 7) is 8.54. The van der Waals surface area contributed by atoms with Gasteiger partial charge in [-0.1, -0.05) is 26.0 Å². The second kappa shape index (κ2) is 5.22. The van der Waals surface area contributed by atoms with Crippen LogP contribution in [-0.2, 0) is 9.53 Å². The first-order valence-corrected chi connectivity index (χ1v) is 7.92. The van der Waals surface area contributed by atoms with Crippen molar-refractivity contribution in [3.8, 4) is 5.75 Å². The molecule has 0 amide bonds. The van der Waals surface area contributed by atoms with Crippen LogP contribution in [0.1, 0.15) is 43.5 Å². The van der Waals surface area contributed by atoms with Gasteiger partial charge >= 0.3 is 11.9 Å². The summed E-state index contributed by atoms with van der Waals surface area (Å²) in [5.41, 5.74) is 0.872.